The van der Waals surface area contributed by atoms with Crippen molar-refractivity contribution >= 4 is 38.5 Å². The molecule has 25 heavy (non-hydrogen) atoms. The highest BCUT2D eigenvalue weighted by Crippen LogP contribution is 2.12. The number of halogens is 1. The number of carbonyl (C=O) groups excluding carboxylic acids is 2. The van der Waals surface area contributed by atoms with Gasteiger partial charge in [-0.3, -0.25) is 25.2 Å². The molecule has 0 radical (unpaired) electrons. The Morgan fingerprint density at radius 2 is 1.72 bits per heavy atom. The van der Waals surface area contributed by atoms with Crippen LogP contribution >= 0.6 is 15.9 Å². The van der Waals surface area contributed by atoms with Gasteiger partial charge in [-0.2, -0.15) is 5.10 Å². The van der Waals surface area contributed by atoms with Crippen molar-refractivity contribution in [3.05, 3.63) is 68.8 Å². The van der Waals surface area contributed by atoms with E-state index in [1.165, 1.54) is 13.2 Å². The van der Waals surface area contributed by atoms with Crippen LogP contribution in [0.2, 0.25) is 0 Å². The summed E-state index contributed by atoms with van der Waals surface area (Å²) in [6, 6.07) is 9.80. The lowest BCUT2D eigenvalue weighted by Crippen LogP contribution is -2.42. The molecule has 0 saturated heterocycles. The fourth-order valence-electron chi connectivity index (χ4n) is 2.22. The second kappa shape index (κ2) is 6.81. The van der Waals surface area contributed by atoms with E-state index >= 15 is 0 Å². The molecule has 0 saturated carbocycles. The molecule has 2 amide bonds. The SMILES string of the molecule is Cn1nc(C(=O)NNC(=O)c2ccc(Br)nc2)c2ccccc2c1=O. The molecule has 0 bridgehead atoms. The summed E-state index contributed by atoms with van der Waals surface area (Å²) in [4.78, 5) is 40.4. The Morgan fingerprint density at radius 3 is 2.40 bits per heavy atom. The minimum atomic E-state index is -0.634. The second-order valence-corrected chi connectivity index (χ2v) is 5.91. The Labute approximate surface area is 150 Å². The molecule has 1 aromatic carbocycles. The molecule has 2 heterocycles. The van der Waals surface area contributed by atoms with Crippen LogP contribution in [0.25, 0.3) is 10.8 Å². The predicted molar refractivity (Wildman–Crippen MR) is 93.9 cm³/mol. The van der Waals surface area contributed by atoms with Crippen LogP contribution in [-0.4, -0.2) is 26.6 Å². The minimum absolute atomic E-state index is 0.0342. The number of benzene rings is 1. The smallest absolute Gasteiger partial charge is 0.267 e. The third-order valence-corrected chi connectivity index (χ3v) is 3.92. The molecule has 3 aromatic rings. The molecule has 0 atom stereocenters. The van der Waals surface area contributed by atoms with Gasteiger partial charge in [0, 0.05) is 18.6 Å². The topological polar surface area (TPSA) is 106 Å². The van der Waals surface area contributed by atoms with Gasteiger partial charge in [-0.15, -0.1) is 0 Å². The van der Waals surface area contributed by atoms with Crippen LogP contribution in [0.15, 0.2) is 52.0 Å². The van der Waals surface area contributed by atoms with Gasteiger partial charge in [-0.25, -0.2) is 9.67 Å². The highest BCUT2D eigenvalue weighted by Gasteiger charge is 2.16. The Kier molecular flexibility index (Phi) is 4.57. The number of aryl methyl sites for hydroxylation is 1. The van der Waals surface area contributed by atoms with Gasteiger partial charge in [0.2, 0.25) is 0 Å². The number of fused-ring (bicyclic) bond motifs is 1. The van der Waals surface area contributed by atoms with Gasteiger partial charge in [0.1, 0.15) is 4.60 Å². The third-order valence-electron chi connectivity index (χ3n) is 3.45. The number of carbonyl (C=O) groups is 2. The van der Waals surface area contributed by atoms with Gasteiger partial charge in [0.15, 0.2) is 5.69 Å². The zero-order valence-corrected chi connectivity index (χ0v) is 14.6. The van der Waals surface area contributed by atoms with Crippen LogP contribution in [-0.2, 0) is 7.05 Å². The van der Waals surface area contributed by atoms with E-state index in [0.717, 1.165) is 4.68 Å². The predicted octanol–water partition coefficient (Wildman–Crippen LogP) is 1.17. The summed E-state index contributed by atoms with van der Waals surface area (Å²) in [5.41, 5.74) is 4.59. The van der Waals surface area contributed by atoms with Crippen molar-refractivity contribution in [2.75, 3.05) is 0 Å². The molecule has 2 N–H and O–H groups in total. The Morgan fingerprint density at radius 1 is 1.04 bits per heavy atom. The first-order valence-corrected chi connectivity index (χ1v) is 7.95. The van der Waals surface area contributed by atoms with Crippen LogP contribution < -0.4 is 16.4 Å². The average Bonchev–Trinajstić information content (AvgIpc) is 2.63. The molecule has 126 valence electrons. The summed E-state index contributed by atoms with van der Waals surface area (Å²) < 4.78 is 1.67. The van der Waals surface area contributed by atoms with Crippen molar-refractivity contribution < 1.29 is 9.59 Å². The van der Waals surface area contributed by atoms with Gasteiger partial charge in [0.05, 0.1) is 10.9 Å². The van der Waals surface area contributed by atoms with E-state index in [0.29, 0.717) is 15.4 Å². The third kappa shape index (κ3) is 3.41. The number of hydrogen-bond donors (Lipinski definition) is 2. The summed E-state index contributed by atoms with van der Waals surface area (Å²) in [5, 5.41) is 4.76. The van der Waals surface area contributed by atoms with Crippen LogP contribution in [0.5, 0.6) is 0 Å². The minimum Gasteiger partial charge on any atom is -0.267 e. The normalized spacial score (nSPS) is 10.5. The number of nitrogens with one attached hydrogen (secondary N) is 2. The van der Waals surface area contributed by atoms with E-state index in [1.807, 2.05) is 0 Å². The van der Waals surface area contributed by atoms with Crippen molar-refractivity contribution in [2.24, 2.45) is 7.05 Å². The number of rotatable bonds is 2. The van der Waals surface area contributed by atoms with E-state index in [-0.39, 0.29) is 16.8 Å². The standard InChI is InChI=1S/C16H12BrN5O3/c1-22-16(25)11-5-3-2-4-10(11)13(21-22)15(24)20-19-14(23)9-6-7-12(17)18-8-9/h2-8H,1H3,(H,19,23)(H,20,24). The second-order valence-electron chi connectivity index (χ2n) is 5.10. The highest BCUT2D eigenvalue weighted by atomic mass is 79.9. The lowest BCUT2D eigenvalue weighted by atomic mass is 10.1. The molecule has 2 aromatic heterocycles. The molecule has 0 aliphatic carbocycles. The summed E-state index contributed by atoms with van der Waals surface area (Å²) in [5.74, 6) is -1.16. The maximum Gasteiger partial charge on any atom is 0.290 e. The molecule has 0 aliphatic rings. The van der Waals surface area contributed by atoms with Crippen molar-refractivity contribution in [3.63, 3.8) is 0 Å². The number of hydrazine groups is 1. The highest BCUT2D eigenvalue weighted by molar-refractivity contribution is 9.10. The van der Waals surface area contributed by atoms with E-state index in [4.69, 9.17) is 0 Å². The molecule has 0 fully saturated rings. The van der Waals surface area contributed by atoms with Gasteiger partial charge in [-0.1, -0.05) is 18.2 Å². The Hall–Kier alpha value is -3.07. The summed E-state index contributed by atoms with van der Waals surface area (Å²) in [6.45, 7) is 0. The maximum absolute atomic E-state index is 12.4. The Balaban J connectivity index is 1.83. The van der Waals surface area contributed by atoms with Crippen LogP contribution in [0.4, 0.5) is 0 Å². The van der Waals surface area contributed by atoms with Crippen LogP contribution in [0.1, 0.15) is 20.8 Å². The van der Waals surface area contributed by atoms with Gasteiger partial charge >= 0.3 is 0 Å². The molecule has 8 nitrogen and oxygen atoms in total. The monoisotopic (exact) mass is 401 g/mol. The van der Waals surface area contributed by atoms with Gasteiger partial charge in [0.25, 0.3) is 17.4 Å². The first kappa shape index (κ1) is 16.8. The van der Waals surface area contributed by atoms with E-state index in [2.05, 4.69) is 36.9 Å². The summed E-state index contributed by atoms with van der Waals surface area (Å²) in [6.07, 6.45) is 1.37. The molecule has 9 heteroatoms. The number of amides is 2. The van der Waals surface area contributed by atoms with E-state index in [1.54, 1.807) is 36.4 Å². The van der Waals surface area contributed by atoms with Crippen molar-refractivity contribution in [3.8, 4) is 0 Å². The molecular formula is C16H12BrN5O3. The van der Waals surface area contributed by atoms with Crippen LogP contribution in [0, 0.1) is 0 Å². The van der Waals surface area contributed by atoms with E-state index in [9.17, 15) is 14.4 Å². The van der Waals surface area contributed by atoms with Gasteiger partial charge < -0.3 is 0 Å². The lowest BCUT2D eigenvalue weighted by Gasteiger charge is -2.10. The fraction of sp³-hybridized carbons (Fsp3) is 0.0625. The van der Waals surface area contributed by atoms with Gasteiger partial charge in [-0.05, 0) is 34.1 Å². The number of nitrogens with zero attached hydrogens (tertiary/aromatic N) is 3. The first-order valence-electron chi connectivity index (χ1n) is 7.15. The molecule has 3 rings (SSSR count). The zero-order chi connectivity index (χ0) is 18.0. The van der Waals surface area contributed by atoms with Crippen molar-refractivity contribution in [2.45, 2.75) is 0 Å². The summed E-state index contributed by atoms with van der Waals surface area (Å²) in [7, 11) is 1.46. The zero-order valence-electron chi connectivity index (χ0n) is 13.0. The average molecular weight is 402 g/mol. The fourth-order valence-corrected chi connectivity index (χ4v) is 2.46. The molecule has 0 unspecified atom stereocenters. The molecule has 0 spiro atoms. The number of pyridine rings is 1. The Bertz CT molecular complexity index is 1030. The molecular weight excluding hydrogens is 390 g/mol. The number of hydrogen-bond acceptors (Lipinski definition) is 5. The van der Waals surface area contributed by atoms with Crippen molar-refractivity contribution in [1.82, 2.24) is 25.6 Å². The lowest BCUT2D eigenvalue weighted by molar-refractivity contribution is 0.0843. The largest absolute Gasteiger partial charge is 0.290 e. The number of aromatic nitrogens is 3. The maximum atomic E-state index is 12.4. The van der Waals surface area contributed by atoms with Crippen molar-refractivity contribution in [1.29, 1.82) is 0 Å². The summed E-state index contributed by atoms with van der Waals surface area (Å²) >= 11 is 3.17. The van der Waals surface area contributed by atoms with Crippen LogP contribution in [0.3, 0.4) is 0 Å². The first-order chi connectivity index (χ1) is 12.0. The van der Waals surface area contributed by atoms with E-state index < -0.39 is 11.8 Å². The quantitative estimate of drug-likeness (QED) is 0.495. The molecule has 0 aliphatic heterocycles.